The van der Waals surface area contributed by atoms with Crippen LogP contribution in [0.4, 0.5) is 10.1 Å². The molecule has 0 spiro atoms. The fourth-order valence-electron chi connectivity index (χ4n) is 1.35. The van der Waals surface area contributed by atoms with Crippen LogP contribution in [0.25, 0.3) is 0 Å². The van der Waals surface area contributed by atoms with Crippen molar-refractivity contribution in [1.29, 1.82) is 0 Å². The van der Waals surface area contributed by atoms with Crippen LogP contribution >= 0.6 is 11.6 Å². The lowest BCUT2D eigenvalue weighted by molar-refractivity contribution is -0.135. The van der Waals surface area contributed by atoms with Gasteiger partial charge < -0.3 is 10.1 Å². The maximum absolute atomic E-state index is 13.3. The number of anilines is 1. The van der Waals surface area contributed by atoms with Crippen molar-refractivity contribution in [2.75, 3.05) is 12.4 Å². The average Bonchev–Trinajstić information content (AvgIpc) is 2.31. The van der Waals surface area contributed by atoms with Crippen LogP contribution < -0.4 is 5.32 Å². The summed E-state index contributed by atoms with van der Waals surface area (Å²) >= 11 is 5.59. The minimum atomic E-state index is -1.78. The average molecular weight is 276 g/mol. The van der Waals surface area contributed by atoms with E-state index in [1.54, 1.807) is 0 Å². The molecular formula is C10H7ClFNO3S. The van der Waals surface area contributed by atoms with Crippen LogP contribution in [0, 0.1) is 5.82 Å². The summed E-state index contributed by atoms with van der Waals surface area (Å²) in [6.07, 6.45) is 1.26. The summed E-state index contributed by atoms with van der Waals surface area (Å²) < 4.78 is 29.7. The number of carbonyl (C=O) groups is 1. The van der Waals surface area contributed by atoms with E-state index in [2.05, 4.69) is 10.1 Å². The molecule has 1 atom stereocenters. The normalized spacial score (nSPS) is 17.8. The molecule has 0 amide bonds. The Kier molecular flexibility index (Phi) is 3.17. The second-order valence-corrected chi connectivity index (χ2v) is 5.00. The third-order valence-corrected chi connectivity index (χ3v) is 3.88. The lowest BCUT2D eigenvalue weighted by Crippen LogP contribution is -2.17. The second kappa shape index (κ2) is 4.46. The van der Waals surface area contributed by atoms with Gasteiger partial charge in [-0.15, -0.1) is 0 Å². The van der Waals surface area contributed by atoms with Crippen molar-refractivity contribution < 1.29 is 18.1 Å². The van der Waals surface area contributed by atoms with E-state index in [4.69, 9.17) is 11.6 Å². The van der Waals surface area contributed by atoms with Crippen molar-refractivity contribution in [1.82, 2.24) is 0 Å². The van der Waals surface area contributed by atoms with Crippen LogP contribution in [0.2, 0.25) is 5.02 Å². The van der Waals surface area contributed by atoms with Gasteiger partial charge in [-0.25, -0.2) is 13.4 Å². The van der Waals surface area contributed by atoms with Crippen molar-refractivity contribution >= 4 is 34.1 Å². The first kappa shape index (κ1) is 12.1. The predicted octanol–water partition coefficient (Wildman–Crippen LogP) is 2.03. The van der Waals surface area contributed by atoms with Gasteiger partial charge in [0, 0.05) is 6.20 Å². The Morgan fingerprint density at radius 3 is 2.88 bits per heavy atom. The molecule has 1 aliphatic heterocycles. The van der Waals surface area contributed by atoms with Crippen molar-refractivity contribution in [3.05, 3.63) is 34.1 Å². The molecule has 0 fully saturated rings. The molecule has 4 nitrogen and oxygen atoms in total. The Balaban J connectivity index is 2.48. The number of fused-ring (bicyclic) bond motifs is 1. The first-order valence-electron chi connectivity index (χ1n) is 4.50. The first-order valence-corrected chi connectivity index (χ1v) is 6.03. The monoisotopic (exact) mass is 275 g/mol. The molecule has 90 valence electrons. The highest BCUT2D eigenvalue weighted by molar-refractivity contribution is 7.90. The molecule has 17 heavy (non-hydrogen) atoms. The molecule has 0 bridgehead atoms. The fraction of sp³-hybridized carbons (Fsp3) is 0.100. The molecule has 1 aliphatic rings. The van der Waals surface area contributed by atoms with Gasteiger partial charge in [-0.3, -0.25) is 0 Å². The molecule has 1 heterocycles. The lowest BCUT2D eigenvalue weighted by atomic mass is 10.3. The van der Waals surface area contributed by atoms with Crippen LogP contribution in [0.15, 0.2) is 28.1 Å². The summed E-state index contributed by atoms with van der Waals surface area (Å²) in [5.74, 6) is -1.41. The van der Waals surface area contributed by atoms with Gasteiger partial charge >= 0.3 is 5.97 Å². The number of hydrogen-bond donors (Lipinski definition) is 1. The van der Waals surface area contributed by atoms with Crippen LogP contribution in [0.3, 0.4) is 0 Å². The maximum Gasteiger partial charge on any atom is 0.348 e. The number of rotatable bonds is 1. The fourth-order valence-corrected chi connectivity index (χ4v) is 2.67. The van der Waals surface area contributed by atoms with Gasteiger partial charge in [0.2, 0.25) is 0 Å². The molecule has 0 saturated heterocycles. The number of ether oxygens (including phenoxy) is 1. The zero-order valence-corrected chi connectivity index (χ0v) is 10.2. The van der Waals surface area contributed by atoms with Crippen molar-refractivity contribution in [3.63, 3.8) is 0 Å². The van der Waals surface area contributed by atoms with E-state index in [9.17, 15) is 13.4 Å². The Bertz CT molecular complexity index is 559. The van der Waals surface area contributed by atoms with Gasteiger partial charge in [-0.05, 0) is 12.1 Å². The van der Waals surface area contributed by atoms with Crippen molar-refractivity contribution in [3.8, 4) is 0 Å². The van der Waals surface area contributed by atoms with Crippen molar-refractivity contribution in [2.24, 2.45) is 0 Å². The summed E-state index contributed by atoms with van der Waals surface area (Å²) in [5.41, 5.74) is 0.405. The summed E-state index contributed by atoms with van der Waals surface area (Å²) in [6, 6.07) is 2.35. The van der Waals surface area contributed by atoms with Crippen LogP contribution in [-0.2, 0) is 20.3 Å². The quantitative estimate of drug-likeness (QED) is 0.797. The Morgan fingerprint density at radius 2 is 2.24 bits per heavy atom. The van der Waals surface area contributed by atoms with Gasteiger partial charge in [0.1, 0.15) is 10.7 Å². The van der Waals surface area contributed by atoms with Crippen molar-refractivity contribution in [2.45, 2.75) is 4.90 Å². The molecular weight excluding hydrogens is 269 g/mol. The molecule has 0 aromatic heterocycles. The van der Waals surface area contributed by atoms with Gasteiger partial charge in [-0.2, -0.15) is 0 Å². The molecule has 1 N–H and O–H groups in total. The number of nitrogens with one attached hydrogen (secondary N) is 1. The molecule has 1 unspecified atom stereocenters. The van der Waals surface area contributed by atoms with Crippen LogP contribution in [0.5, 0.6) is 0 Å². The molecule has 1 aromatic carbocycles. The molecule has 0 radical (unpaired) electrons. The van der Waals surface area contributed by atoms with E-state index in [0.29, 0.717) is 5.69 Å². The molecule has 1 aromatic rings. The van der Waals surface area contributed by atoms with E-state index >= 15 is 0 Å². The lowest BCUT2D eigenvalue weighted by Gasteiger charge is -2.16. The van der Waals surface area contributed by atoms with E-state index in [-0.39, 0.29) is 14.8 Å². The highest BCUT2D eigenvalue weighted by Crippen LogP contribution is 2.32. The molecule has 0 saturated carbocycles. The summed E-state index contributed by atoms with van der Waals surface area (Å²) in [7, 11) is -0.597. The second-order valence-electron chi connectivity index (χ2n) is 3.18. The molecule has 7 heteroatoms. The predicted molar refractivity (Wildman–Crippen MR) is 61.5 cm³/mol. The maximum atomic E-state index is 13.3. The SMILES string of the molecule is COC(=O)C1=CNc2cc(Cl)c(F)cc2S1=O. The number of hydrogen-bond acceptors (Lipinski definition) is 4. The summed E-state index contributed by atoms with van der Waals surface area (Å²) in [4.78, 5) is 11.4. The minimum Gasteiger partial charge on any atom is -0.465 e. The van der Waals surface area contributed by atoms with Gasteiger partial charge in [0.25, 0.3) is 0 Å². The van der Waals surface area contributed by atoms with Crippen LogP contribution in [-0.4, -0.2) is 17.3 Å². The third-order valence-electron chi connectivity index (χ3n) is 2.17. The standard InChI is InChI=1S/C10H7ClFNO3S/c1-16-10(14)9-4-13-7-2-5(11)6(12)3-8(7)17(9)15/h2-4,13H,1H3. The van der Waals surface area contributed by atoms with Gasteiger partial charge in [0.05, 0.1) is 33.5 Å². The zero-order chi connectivity index (χ0) is 12.6. The largest absolute Gasteiger partial charge is 0.465 e. The first-order chi connectivity index (χ1) is 8.04. The van der Waals surface area contributed by atoms with E-state index in [0.717, 1.165) is 6.07 Å². The number of methoxy groups -OCH3 is 1. The molecule has 0 aliphatic carbocycles. The minimum absolute atomic E-state index is 0.0678. The van der Waals surface area contributed by atoms with Gasteiger partial charge in [0.15, 0.2) is 0 Å². The topological polar surface area (TPSA) is 55.4 Å². The number of halogens is 2. The van der Waals surface area contributed by atoms with E-state index in [1.807, 2.05) is 0 Å². The number of carbonyl (C=O) groups excluding carboxylic acids is 1. The summed E-state index contributed by atoms with van der Waals surface area (Å²) in [6.45, 7) is 0. The summed E-state index contributed by atoms with van der Waals surface area (Å²) in [5, 5.41) is 2.64. The highest BCUT2D eigenvalue weighted by atomic mass is 35.5. The molecule has 2 rings (SSSR count). The van der Waals surface area contributed by atoms with Gasteiger partial charge in [-0.1, -0.05) is 11.6 Å². The Labute approximate surface area is 104 Å². The Morgan fingerprint density at radius 1 is 1.53 bits per heavy atom. The Hall–Kier alpha value is -1.40. The zero-order valence-electron chi connectivity index (χ0n) is 8.62. The highest BCUT2D eigenvalue weighted by Gasteiger charge is 2.26. The third kappa shape index (κ3) is 2.05. The van der Waals surface area contributed by atoms with E-state index in [1.165, 1.54) is 19.4 Å². The number of benzene rings is 1. The smallest absolute Gasteiger partial charge is 0.348 e. The van der Waals surface area contributed by atoms with Crippen LogP contribution in [0.1, 0.15) is 0 Å². The number of esters is 1. The van der Waals surface area contributed by atoms with E-state index < -0.39 is 22.6 Å².